The fourth-order valence-electron chi connectivity index (χ4n) is 2.81. The maximum absolute atomic E-state index is 6.24. The normalized spacial score (nSPS) is 16.5. The Bertz CT molecular complexity index is 588. The molecule has 1 fully saturated rings. The predicted octanol–water partition coefficient (Wildman–Crippen LogP) is 4.16. The largest absolute Gasteiger partial charge is 0.317 e. The summed E-state index contributed by atoms with van der Waals surface area (Å²) in [5.41, 5.74) is 2.38. The molecule has 106 valence electrons. The Morgan fingerprint density at radius 3 is 2.80 bits per heavy atom. The van der Waals surface area contributed by atoms with Crippen LogP contribution in [0, 0.1) is 6.92 Å². The van der Waals surface area contributed by atoms with Crippen LogP contribution in [-0.4, -0.2) is 18.1 Å². The molecule has 2 nitrogen and oxygen atoms in total. The van der Waals surface area contributed by atoms with E-state index in [0.717, 1.165) is 24.5 Å². The maximum Gasteiger partial charge on any atom is 0.0975 e. The van der Waals surface area contributed by atoms with Crippen LogP contribution in [0.15, 0.2) is 24.3 Å². The monoisotopic (exact) mass is 306 g/mol. The molecule has 0 atom stereocenters. The van der Waals surface area contributed by atoms with E-state index < -0.39 is 0 Å². The molecule has 1 saturated heterocycles. The molecule has 0 bridgehead atoms. The van der Waals surface area contributed by atoms with Crippen molar-refractivity contribution in [3.8, 4) is 0 Å². The molecule has 0 aliphatic carbocycles. The predicted molar refractivity (Wildman–Crippen MR) is 86.0 cm³/mol. The summed E-state index contributed by atoms with van der Waals surface area (Å²) >= 11 is 8.11. The van der Waals surface area contributed by atoms with Crippen LogP contribution in [0.4, 0.5) is 0 Å². The van der Waals surface area contributed by atoms with E-state index in [-0.39, 0.29) is 0 Å². The topological polar surface area (TPSA) is 24.9 Å². The molecule has 0 saturated carbocycles. The van der Waals surface area contributed by atoms with Gasteiger partial charge >= 0.3 is 0 Å². The lowest BCUT2D eigenvalue weighted by Gasteiger charge is -2.21. The smallest absolute Gasteiger partial charge is 0.0975 e. The van der Waals surface area contributed by atoms with E-state index >= 15 is 0 Å². The lowest BCUT2D eigenvalue weighted by Crippen LogP contribution is -2.26. The number of rotatable bonds is 3. The van der Waals surface area contributed by atoms with Crippen molar-refractivity contribution in [3.05, 3.63) is 50.4 Å². The summed E-state index contributed by atoms with van der Waals surface area (Å²) < 4.78 is 0. The Kier molecular flexibility index (Phi) is 4.39. The number of piperidine rings is 1. The first-order chi connectivity index (χ1) is 9.74. The van der Waals surface area contributed by atoms with Crippen molar-refractivity contribution in [3.63, 3.8) is 0 Å². The molecule has 1 N–H and O–H groups in total. The van der Waals surface area contributed by atoms with Gasteiger partial charge in [0.25, 0.3) is 0 Å². The quantitative estimate of drug-likeness (QED) is 0.921. The number of nitrogens with one attached hydrogen (secondary N) is 1. The molecular weight excluding hydrogens is 288 g/mol. The molecule has 0 unspecified atom stereocenters. The highest BCUT2D eigenvalue weighted by Crippen LogP contribution is 2.33. The number of aromatic nitrogens is 1. The number of hydrogen-bond acceptors (Lipinski definition) is 3. The van der Waals surface area contributed by atoms with Gasteiger partial charge in [-0.1, -0.05) is 29.8 Å². The van der Waals surface area contributed by atoms with Crippen LogP contribution in [0.1, 0.15) is 39.9 Å². The molecule has 4 heteroatoms. The molecule has 3 rings (SSSR count). The highest BCUT2D eigenvalue weighted by molar-refractivity contribution is 7.11. The Morgan fingerprint density at radius 1 is 1.30 bits per heavy atom. The van der Waals surface area contributed by atoms with Crippen LogP contribution < -0.4 is 5.32 Å². The summed E-state index contributed by atoms with van der Waals surface area (Å²) in [7, 11) is 0. The van der Waals surface area contributed by atoms with Gasteiger partial charge < -0.3 is 5.32 Å². The van der Waals surface area contributed by atoms with E-state index in [0.29, 0.717) is 5.92 Å². The molecule has 2 heterocycles. The Balaban J connectivity index is 1.80. The SMILES string of the molecule is Cc1nc(Cc2ccccc2Cl)sc1C1CCNCC1. The van der Waals surface area contributed by atoms with Crippen molar-refractivity contribution in [2.45, 2.75) is 32.1 Å². The lowest BCUT2D eigenvalue weighted by atomic mass is 9.96. The number of halogens is 1. The zero-order valence-electron chi connectivity index (χ0n) is 11.7. The maximum atomic E-state index is 6.24. The molecule has 1 aromatic carbocycles. The second kappa shape index (κ2) is 6.25. The van der Waals surface area contributed by atoms with E-state index in [1.807, 2.05) is 29.5 Å². The van der Waals surface area contributed by atoms with Crippen LogP contribution in [-0.2, 0) is 6.42 Å². The molecule has 20 heavy (non-hydrogen) atoms. The minimum atomic E-state index is 0.689. The molecule has 0 spiro atoms. The highest BCUT2D eigenvalue weighted by Gasteiger charge is 2.20. The standard InChI is InChI=1S/C16H19ClN2S/c1-11-16(12-6-8-18-9-7-12)20-15(19-11)10-13-4-2-3-5-14(13)17/h2-5,12,18H,6-10H2,1H3. The fraction of sp³-hybridized carbons (Fsp3) is 0.438. The van der Waals surface area contributed by atoms with E-state index in [1.165, 1.54) is 34.0 Å². The van der Waals surface area contributed by atoms with Crippen molar-refractivity contribution < 1.29 is 0 Å². The minimum absolute atomic E-state index is 0.689. The fourth-order valence-corrected chi connectivity index (χ4v) is 4.27. The first kappa shape index (κ1) is 14.1. The van der Waals surface area contributed by atoms with Crippen LogP contribution in [0.3, 0.4) is 0 Å². The molecule has 1 aliphatic rings. The third kappa shape index (κ3) is 3.05. The van der Waals surface area contributed by atoms with Crippen LogP contribution >= 0.6 is 22.9 Å². The van der Waals surface area contributed by atoms with Crippen LogP contribution in [0.5, 0.6) is 0 Å². The number of hydrogen-bond donors (Lipinski definition) is 1. The van der Waals surface area contributed by atoms with Crippen LogP contribution in [0.2, 0.25) is 5.02 Å². The van der Waals surface area contributed by atoms with Gasteiger partial charge in [0, 0.05) is 16.3 Å². The van der Waals surface area contributed by atoms with Crippen molar-refractivity contribution in [1.82, 2.24) is 10.3 Å². The van der Waals surface area contributed by atoms with Gasteiger partial charge in [-0.3, -0.25) is 0 Å². The van der Waals surface area contributed by atoms with E-state index in [9.17, 15) is 0 Å². The van der Waals surface area contributed by atoms with E-state index in [1.54, 1.807) is 0 Å². The molecule has 1 aliphatic heterocycles. The zero-order chi connectivity index (χ0) is 13.9. The first-order valence-corrected chi connectivity index (χ1v) is 8.34. The number of thiazole rings is 1. The average molecular weight is 307 g/mol. The summed E-state index contributed by atoms with van der Waals surface area (Å²) in [6.45, 7) is 4.40. The number of benzene rings is 1. The summed E-state index contributed by atoms with van der Waals surface area (Å²) in [6, 6.07) is 8.04. The van der Waals surface area contributed by atoms with Gasteiger partial charge in [0.1, 0.15) is 0 Å². The summed E-state index contributed by atoms with van der Waals surface area (Å²) in [6.07, 6.45) is 3.30. The molecule has 1 aromatic heterocycles. The summed E-state index contributed by atoms with van der Waals surface area (Å²) in [4.78, 5) is 6.24. The van der Waals surface area contributed by atoms with Gasteiger partial charge in [-0.2, -0.15) is 0 Å². The van der Waals surface area contributed by atoms with Gasteiger partial charge in [0.05, 0.1) is 10.7 Å². The Hall–Kier alpha value is -0.900. The van der Waals surface area contributed by atoms with Crippen molar-refractivity contribution in [2.75, 3.05) is 13.1 Å². The van der Waals surface area contributed by atoms with Gasteiger partial charge in [-0.25, -0.2) is 4.98 Å². The van der Waals surface area contributed by atoms with Gasteiger partial charge in [-0.15, -0.1) is 11.3 Å². The second-order valence-corrected chi connectivity index (χ2v) is 6.87. The minimum Gasteiger partial charge on any atom is -0.317 e. The third-order valence-corrected chi connectivity index (χ3v) is 5.57. The van der Waals surface area contributed by atoms with Crippen molar-refractivity contribution >= 4 is 22.9 Å². The molecular formula is C16H19ClN2S. The highest BCUT2D eigenvalue weighted by atomic mass is 35.5. The zero-order valence-corrected chi connectivity index (χ0v) is 13.2. The average Bonchev–Trinajstić information content (AvgIpc) is 2.83. The Labute approximate surface area is 129 Å². The molecule has 0 radical (unpaired) electrons. The molecule has 0 amide bonds. The first-order valence-electron chi connectivity index (χ1n) is 7.14. The van der Waals surface area contributed by atoms with Gasteiger partial charge in [0.2, 0.25) is 0 Å². The van der Waals surface area contributed by atoms with E-state index in [4.69, 9.17) is 16.6 Å². The summed E-state index contributed by atoms with van der Waals surface area (Å²) in [5, 5.41) is 5.45. The second-order valence-electron chi connectivity index (χ2n) is 5.35. The Morgan fingerprint density at radius 2 is 2.05 bits per heavy atom. The lowest BCUT2D eigenvalue weighted by molar-refractivity contribution is 0.463. The van der Waals surface area contributed by atoms with Crippen molar-refractivity contribution in [1.29, 1.82) is 0 Å². The third-order valence-electron chi connectivity index (χ3n) is 3.89. The van der Waals surface area contributed by atoms with Gasteiger partial charge in [0.15, 0.2) is 0 Å². The molecule has 2 aromatic rings. The van der Waals surface area contributed by atoms with E-state index in [2.05, 4.69) is 18.3 Å². The van der Waals surface area contributed by atoms with Crippen molar-refractivity contribution in [2.24, 2.45) is 0 Å². The summed E-state index contributed by atoms with van der Waals surface area (Å²) in [5.74, 6) is 0.689. The number of nitrogens with zero attached hydrogens (tertiary/aromatic N) is 1. The van der Waals surface area contributed by atoms with Crippen LogP contribution in [0.25, 0.3) is 0 Å². The van der Waals surface area contributed by atoms with Gasteiger partial charge in [-0.05, 0) is 50.4 Å². The number of aryl methyl sites for hydroxylation is 1.